The van der Waals surface area contributed by atoms with E-state index in [0.717, 1.165) is 17.6 Å². The van der Waals surface area contributed by atoms with Crippen LogP contribution in [-0.4, -0.2) is 29.5 Å². The summed E-state index contributed by atoms with van der Waals surface area (Å²) in [5.41, 5.74) is 0.107. The zero-order valence-corrected chi connectivity index (χ0v) is 12.2. The first-order chi connectivity index (χ1) is 7.84. The number of likely N-dealkylation sites (N-methyl/N-ethyl adjacent to an activating group) is 1. The molecule has 1 aliphatic rings. The van der Waals surface area contributed by atoms with Crippen molar-refractivity contribution in [2.75, 3.05) is 13.1 Å². The number of amidine groups is 1. The standard InChI is InChI=1S/C15H27N2/c1-7-17(13(2)3)12-10-8-9-11-16-14(17)15(4,5)6/h8-11,13H,7,12H2,1-6H3/q+1/b10-8-,11-9-,16-14?. The summed E-state index contributed by atoms with van der Waals surface area (Å²) in [5, 5.41) is 0. The zero-order chi connectivity index (χ0) is 13.1. The maximum atomic E-state index is 4.76. The van der Waals surface area contributed by atoms with Crippen LogP contribution in [0, 0.1) is 5.41 Å². The van der Waals surface area contributed by atoms with Crippen LogP contribution >= 0.6 is 0 Å². The fraction of sp³-hybridized carbons (Fsp3) is 0.667. The van der Waals surface area contributed by atoms with E-state index in [9.17, 15) is 0 Å². The van der Waals surface area contributed by atoms with E-state index >= 15 is 0 Å². The molecule has 0 spiro atoms. The van der Waals surface area contributed by atoms with E-state index in [-0.39, 0.29) is 5.41 Å². The average molecular weight is 235 g/mol. The first-order valence-electron chi connectivity index (χ1n) is 6.62. The molecular weight excluding hydrogens is 208 g/mol. The van der Waals surface area contributed by atoms with Gasteiger partial charge in [-0.15, -0.1) is 0 Å². The topological polar surface area (TPSA) is 12.4 Å². The van der Waals surface area contributed by atoms with Crippen LogP contribution in [0.2, 0.25) is 0 Å². The predicted molar refractivity (Wildman–Crippen MR) is 76.0 cm³/mol. The van der Waals surface area contributed by atoms with Crippen LogP contribution in [0.25, 0.3) is 0 Å². The normalized spacial score (nSPS) is 29.5. The summed E-state index contributed by atoms with van der Waals surface area (Å²) in [4.78, 5) is 4.76. The highest BCUT2D eigenvalue weighted by molar-refractivity contribution is 5.82. The van der Waals surface area contributed by atoms with Crippen molar-refractivity contribution >= 4 is 5.84 Å². The van der Waals surface area contributed by atoms with E-state index < -0.39 is 0 Å². The van der Waals surface area contributed by atoms with Crippen LogP contribution in [0.5, 0.6) is 0 Å². The average Bonchev–Trinajstić information content (AvgIpc) is 2.15. The van der Waals surface area contributed by atoms with Gasteiger partial charge in [0.15, 0.2) is 0 Å². The fourth-order valence-electron chi connectivity index (χ4n) is 2.65. The highest BCUT2D eigenvalue weighted by Gasteiger charge is 2.41. The fourth-order valence-corrected chi connectivity index (χ4v) is 2.65. The Kier molecular flexibility index (Phi) is 4.31. The third-order valence-corrected chi connectivity index (χ3v) is 3.61. The molecule has 0 N–H and O–H groups in total. The van der Waals surface area contributed by atoms with Crippen LogP contribution < -0.4 is 0 Å². The quantitative estimate of drug-likeness (QED) is 0.646. The van der Waals surface area contributed by atoms with Gasteiger partial charge < -0.3 is 0 Å². The molecule has 0 saturated heterocycles. The maximum Gasteiger partial charge on any atom is 0.208 e. The smallest absolute Gasteiger partial charge is 0.208 e. The lowest BCUT2D eigenvalue weighted by Gasteiger charge is -2.45. The van der Waals surface area contributed by atoms with Crippen molar-refractivity contribution in [2.45, 2.75) is 47.6 Å². The molecule has 0 aromatic heterocycles. The number of aliphatic imine (C=N–C) groups is 1. The van der Waals surface area contributed by atoms with Gasteiger partial charge in [-0.25, -0.2) is 4.99 Å². The van der Waals surface area contributed by atoms with Gasteiger partial charge in [0.2, 0.25) is 5.84 Å². The third-order valence-electron chi connectivity index (χ3n) is 3.61. The van der Waals surface area contributed by atoms with Crippen molar-refractivity contribution in [1.29, 1.82) is 0 Å². The van der Waals surface area contributed by atoms with E-state index in [4.69, 9.17) is 4.99 Å². The highest BCUT2D eigenvalue weighted by Crippen LogP contribution is 2.29. The number of quaternary nitrogens is 1. The molecule has 0 amide bonds. The number of hydrogen-bond donors (Lipinski definition) is 0. The van der Waals surface area contributed by atoms with Gasteiger partial charge in [0.05, 0.1) is 18.0 Å². The minimum absolute atomic E-state index is 0.107. The number of rotatable bonds is 2. The Morgan fingerprint density at radius 3 is 2.41 bits per heavy atom. The molecule has 1 atom stereocenters. The molecule has 1 rings (SSSR count). The molecule has 1 aliphatic heterocycles. The van der Waals surface area contributed by atoms with Gasteiger partial charge in [0.1, 0.15) is 6.54 Å². The monoisotopic (exact) mass is 235 g/mol. The van der Waals surface area contributed by atoms with Crippen molar-refractivity contribution in [3.05, 3.63) is 24.4 Å². The predicted octanol–water partition coefficient (Wildman–Crippen LogP) is 3.76. The molecule has 0 fully saturated rings. The molecule has 0 bridgehead atoms. The van der Waals surface area contributed by atoms with E-state index in [0.29, 0.717) is 6.04 Å². The Labute approximate surface area is 106 Å². The summed E-state index contributed by atoms with van der Waals surface area (Å²) < 4.78 is 0.963. The van der Waals surface area contributed by atoms with Crippen molar-refractivity contribution in [3.8, 4) is 0 Å². The second kappa shape index (κ2) is 5.18. The molecular formula is C15H27N2+. The first-order valence-corrected chi connectivity index (χ1v) is 6.62. The summed E-state index contributed by atoms with van der Waals surface area (Å²) in [6, 6.07) is 0.550. The lowest BCUT2D eigenvalue weighted by atomic mass is 9.90. The van der Waals surface area contributed by atoms with E-state index in [1.165, 1.54) is 5.84 Å². The second-order valence-electron chi connectivity index (χ2n) is 6.10. The lowest BCUT2D eigenvalue weighted by Crippen LogP contribution is -2.61. The van der Waals surface area contributed by atoms with Crippen molar-refractivity contribution in [2.24, 2.45) is 10.4 Å². The minimum atomic E-state index is 0.107. The van der Waals surface area contributed by atoms with Gasteiger partial charge in [0.25, 0.3) is 0 Å². The lowest BCUT2D eigenvalue weighted by molar-refractivity contribution is -0.859. The largest absolute Gasteiger partial charge is 0.273 e. The van der Waals surface area contributed by atoms with E-state index in [1.54, 1.807) is 0 Å². The van der Waals surface area contributed by atoms with Crippen molar-refractivity contribution in [1.82, 2.24) is 0 Å². The Morgan fingerprint density at radius 1 is 1.29 bits per heavy atom. The van der Waals surface area contributed by atoms with Crippen LogP contribution in [0.3, 0.4) is 0 Å². The summed E-state index contributed by atoms with van der Waals surface area (Å²) in [6.07, 6.45) is 8.32. The van der Waals surface area contributed by atoms with Gasteiger partial charge >= 0.3 is 0 Å². The molecule has 0 aromatic rings. The summed E-state index contributed by atoms with van der Waals surface area (Å²) in [7, 11) is 0. The zero-order valence-electron chi connectivity index (χ0n) is 12.2. The molecule has 2 nitrogen and oxygen atoms in total. The van der Waals surface area contributed by atoms with Gasteiger partial charge in [0, 0.05) is 6.20 Å². The van der Waals surface area contributed by atoms with Crippen molar-refractivity contribution in [3.63, 3.8) is 0 Å². The van der Waals surface area contributed by atoms with Gasteiger partial charge in [-0.05, 0) is 53.7 Å². The summed E-state index contributed by atoms with van der Waals surface area (Å²) in [5.74, 6) is 1.29. The van der Waals surface area contributed by atoms with Crippen LogP contribution in [0.4, 0.5) is 0 Å². The minimum Gasteiger partial charge on any atom is -0.273 e. The van der Waals surface area contributed by atoms with E-state index in [2.05, 4.69) is 53.7 Å². The second-order valence-corrected chi connectivity index (χ2v) is 6.10. The Hall–Kier alpha value is -0.890. The number of hydrogen-bond acceptors (Lipinski definition) is 1. The van der Waals surface area contributed by atoms with Gasteiger partial charge in [-0.3, -0.25) is 4.48 Å². The Morgan fingerprint density at radius 2 is 1.94 bits per heavy atom. The highest BCUT2D eigenvalue weighted by atomic mass is 15.4. The number of nitrogens with zero attached hydrogens (tertiary/aromatic N) is 2. The Balaban J connectivity index is 3.34. The van der Waals surface area contributed by atoms with Gasteiger partial charge in [-0.1, -0.05) is 6.08 Å². The molecule has 0 radical (unpaired) electrons. The van der Waals surface area contributed by atoms with E-state index in [1.807, 2.05) is 12.3 Å². The summed E-state index contributed by atoms with van der Waals surface area (Å²) in [6.45, 7) is 15.8. The third kappa shape index (κ3) is 2.86. The Bertz CT molecular complexity index is 342. The molecule has 1 heterocycles. The number of allylic oxidation sites excluding steroid dienone is 2. The van der Waals surface area contributed by atoms with Crippen LogP contribution in [-0.2, 0) is 0 Å². The maximum absolute atomic E-state index is 4.76. The molecule has 0 saturated carbocycles. The molecule has 1 unspecified atom stereocenters. The van der Waals surface area contributed by atoms with Crippen molar-refractivity contribution < 1.29 is 4.48 Å². The van der Waals surface area contributed by atoms with Crippen LogP contribution in [0.1, 0.15) is 41.5 Å². The molecule has 0 aliphatic carbocycles. The molecule has 96 valence electrons. The molecule has 0 aromatic carbocycles. The summed E-state index contributed by atoms with van der Waals surface area (Å²) >= 11 is 0. The first kappa shape index (κ1) is 14.2. The molecule has 17 heavy (non-hydrogen) atoms. The van der Waals surface area contributed by atoms with Crippen LogP contribution in [0.15, 0.2) is 29.4 Å². The van der Waals surface area contributed by atoms with Gasteiger partial charge in [-0.2, -0.15) is 0 Å². The SMILES string of the molecule is CC[N+]1(C(C)C)C/C=C\C=C/N=C1C(C)(C)C. The molecule has 2 heteroatoms.